The van der Waals surface area contributed by atoms with Gasteiger partial charge >= 0.3 is 6.01 Å². The number of piperazine rings is 1. The van der Waals surface area contributed by atoms with Crippen molar-refractivity contribution in [1.29, 1.82) is 0 Å². The molecule has 1 N–H and O–H groups in total. The maximum Gasteiger partial charge on any atom is 0.300 e. The van der Waals surface area contributed by atoms with Gasteiger partial charge in [0.1, 0.15) is 4.83 Å². The zero-order valence-corrected chi connectivity index (χ0v) is 18.8. The summed E-state index contributed by atoms with van der Waals surface area (Å²) in [6, 6.07) is 0.457. The molecule has 1 fully saturated rings. The van der Waals surface area contributed by atoms with E-state index >= 15 is 0 Å². The van der Waals surface area contributed by atoms with E-state index in [1.807, 2.05) is 14.0 Å². The Morgan fingerprint density at radius 2 is 1.97 bits per heavy atom. The van der Waals surface area contributed by atoms with Crippen LogP contribution in [0.2, 0.25) is 0 Å². The summed E-state index contributed by atoms with van der Waals surface area (Å²) in [5, 5.41) is 4.68. The molecule has 1 aliphatic heterocycles. The van der Waals surface area contributed by atoms with Crippen molar-refractivity contribution < 1.29 is 4.74 Å². The second kappa shape index (κ2) is 8.97. The molecule has 158 valence electrons. The number of fused-ring (bicyclic) bond motifs is 3. The zero-order valence-electron chi connectivity index (χ0n) is 17.2. The Kier molecular flexibility index (Phi) is 6.36. The van der Waals surface area contributed by atoms with Crippen molar-refractivity contribution in [2.24, 2.45) is 0 Å². The van der Waals surface area contributed by atoms with Crippen molar-refractivity contribution in [3.8, 4) is 6.01 Å². The van der Waals surface area contributed by atoms with E-state index in [2.05, 4.69) is 15.1 Å². The lowest BCUT2D eigenvalue weighted by molar-refractivity contribution is 0.172. The molecule has 0 unspecified atom stereocenters. The van der Waals surface area contributed by atoms with Crippen LogP contribution in [0.25, 0.3) is 10.2 Å². The van der Waals surface area contributed by atoms with Gasteiger partial charge in [-0.15, -0.1) is 11.3 Å². The number of aryl methyl sites for hydroxylation is 2. The van der Waals surface area contributed by atoms with E-state index in [4.69, 9.17) is 21.9 Å². The van der Waals surface area contributed by atoms with E-state index in [9.17, 15) is 4.79 Å². The maximum atomic E-state index is 13.4. The smallest absolute Gasteiger partial charge is 0.300 e. The Hall–Kier alpha value is -1.71. The first-order chi connectivity index (χ1) is 14.1. The number of nitrogens with zero attached hydrogens (tertiary/aromatic N) is 4. The molecule has 0 aromatic carbocycles. The van der Waals surface area contributed by atoms with Gasteiger partial charge in [0.25, 0.3) is 5.56 Å². The Morgan fingerprint density at radius 1 is 1.21 bits per heavy atom. The molecule has 4 rings (SSSR count). The number of thiophene rings is 1. The maximum absolute atomic E-state index is 13.4. The summed E-state index contributed by atoms with van der Waals surface area (Å²) in [7, 11) is 1.86. The lowest BCUT2D eigenvalue weighted by atomic mass is 9.97. The van der Waals surface area contributed by atoms with Crippen LogP contribution in [0, 0.1) is 0 Å². The second-order valence-electron chi connectivity index (χ2n) is 7.56. The monoisotopic (exact) mass is 435 g/mol. The number of hydrogen-bond donors (Lipinski definition) is 1. The van der Waals surface area contributed by atoms with Crippen LogP contribution < -0.4 is 15.6 Å². The second-order valence-corrected chi connectivity index (χ2v) is 9.03. The summed E-state index contributed by atoms with van der Waals surface area (Å²) in [6.45, 7) is 7.52. The molecule has 0 amide bonds. The van der Waals surface area contributed by atoms with Crippen LogP contribution in [0.3, 0.4) is 0 Å². The van der Waals surface area contributed by atoms with Crippen LogP contribution >= 0.6 is 23.6 Å². The lowest BCUT2D eigenvalue weighted by Gasteiger charge is -2.35. The van der Waals surface area contributed by atoms with Gasteiger partial charge in [-0.1, -0.05) is 0 Å². The molecule has 29 heavy (non-hydrogen) atoms. The van der Waals surface area contributed by atoms with Crippen molar-refractivity contribution in [1.82, 2.24) is 24.7 Å². The minimum atomic E-state index is 0.0628. The summed E-state index contributed by atoms with van der Waals surface area (Å²) in [5.41, 5.74) is 1.30. The quantitative estimate of drug-likeness (QED) is 0.719. The Morgan fingerprint density at radius 3 is 2.69 bits per heavy atom. The first-order valence-corrected chi connectivity index (χ1v) is 11.7. The SMILES string of the molecule is CCOc1nc2sc3c(c2c(=O)n1CCN1CCN(C(=S)NC)CC1)CCCC3. The first kappa shape index (κ1) is 20.6. The van der Waals surface area contributed by atoms with E-state index < -0.39 is 0 Å². The molecule has 0 bridgehead atoms. The lowest BCUT2D eigenvalue weighted by Crippen LogP contribution is -2.51. The molecule has 2 aromatic rings. The molecule has 2 aliphatic rings. The normalized spacial score (nSPS) is 17.4. The molecule has 3 heterocycles. The van der Waals surface area contributed by atoms with Gasteiger partial charge in [-0.2, -0.15) is 4.98 Å². The summed E-state index contributed by atoms with van der Waals surface area (Å²) in [6.07, 6.45) is 4.42. The van der Waals surface area contributed by atoms with Crippen molar-refractivity contribution in [2.45, 2.75) is 39.2 Å². The van der Waals surface area contributed by atoms with Gasteiger partial charge in [0.2, 0.25) is 0 Å². The Bertz CT molecular complexity index is 946. The average molecular weight is 436 g/mol. The van der Waals surface area contributed by atoms with Gasteiger partial charge in [-0.25, -0.2) is 0 Å². The summed E-state index contributed by atoms with van der Waals surface area (Å²) >= 11 is 7.01. The average Bonchev–Trinajstić information content (AvgIpc) is 3.12. The summed E-state index contributed by atoms with van der Waals surface area (Å²) in [4.78, 5) is 24.9. The molecule has 2 aromatic heterocycles. The minimum absolute atomic E-state index is 0.0628. The zero-order chi connectivity index (χ0) is 20.4. The van der Waals surface area contributed by atoms with Gasteiger partial charge in [-0.05, 0) is 50.4 Å². The van der Waals surface area contributed by atoms with E-state index in [1.54, 1.807) is 15.9 Å². The Balaban J connectivity index is 1.55. The van der Waals surface area contributed by atoms with Crippen molar-refractivity contribution in [3.05, 3.63) is 20.8 Å². The standard InChI is InChI=1S/C20H29N5O2S2/c1-3-27-19-22-17-16(14-6-4-5-7-15(14)29-17)18(26)25(19)13-10-23-8-11-24(12-9-23)20(28)21-2/h3-13H2,1-2H3,(H,21,28). The van der Waals surface area contributed by atoms with E-state index in [0.717, 1.165) is 67.3 Å². The molecule has 1 aliphatic carbocycles. The molecular weight excluding hydrogens is 406 g/mol. The van der Waals surface area contributed by atoms with Crippen LogP contribution in [0.15, 0.2) is 4.79 Å². The third-order valence-electron chi connectivity index (χ3n) is 5.83. The Labute approximate surface area is 180 Å². The van der Waals surface area contributed by atoms with Gasteiger partial charge in [0.05, 0.1) is 12.0 Å². The summed E-state index contributed by atoms with van der Waals surface area (Å²) < 4.78 is 7.52. The van der Waals surface area contributed by atoms with Crippen LogP contribution in [-0.2, 0) is 19.4 Å². The molecule has 7 nitrogen and oxygen atoms in total. The number of ether oxygens (including phenoxy) is 1. The molecule has 0 spiro atoms. The number of thiocarbonyl (C=S) groups is 1. The highest BCUT2D eigenvalue weighted by molar-refractivity contribution is 7.80. The molecule has 0 saturated carbocycles. The van der Waals surface area contributed by atoms with E-state index in [-0.39, 0.29) is 5.56 Å². The van der Waals surface area contributed by atoms with Gasteiger partial charge in [0.15, 0.2) is 5.11 Å². The fourth-order valence-electron chi connectivity index (χ4n) is 4.23. The van der Waals surface area contributed by atoms with Crippen LogP contribution in [0.4, 0.5) is 0 Å². The van der Waals surface area contributed by atoms with Crippen LogP contribution in [0.1, 0.15) is 30.2 Å². The third kappa shape index (κ3) is 4.13. The highest BCUT2D eigenvalue weighted by Crippen LogP contribution is 2.34. The van der Waals surface area contributed by atoms with E-state index in [0.29, 0.717) is 19.2 Å². The van der Waals surface area contributed by atoms with Crippen molar-refractivity contribution >= 4 is 38.9 Å². The summed E-state index contributed by atoms with van der Waals surface area (Å²) in [5.74, 6) is 0. The molecular formula is C20H29N5O2S2. The first-order valence-electron chi connectivity index (χ1n) is 10.5. The van der Waals surface area contributed by atoms with Gasteiger partial charge in [0, 0.05) is 51.2 Å². The van der Waals surface area contributed by atoms with Crippen LogP contribution in [-0.4, -0.2) is 70.8 Å². The molecule has 0 atom stereocenters. The number of aromatic nitrogens is 2. The van der Waals surface area contributed by atoms with Crippen molar-refractivity contribution in [3.63, 3.8) is 0 Å². The van der Waals surface area contributed by atoms with Gasteiger partial charge < -0.3 is 15.0 Å². The number of rotatable bonds is 5. The number of nitrogens with one attached hydrogen (secondary N) is 1. The highest BCUT2D eigenvalue weighted by Gasteiger charge is 2.23. The topological polar surface area (TPSA) is 62.6 Å². The fourth-order valence-corrected chi connectivity index (χ4v) is 5.66. The molecule has 1 saturated heterocycles. The van der Waals surface area contributed by atoms with Crippen LogP contribution in [0.5, 0.6) is 6.01 Å². The highest BCUT2D eigenvalue weighted by atomic mass is 32.1. The molecule has 0 radical (unpaired) electrons. The molecule has 9 heteroatoms. The third-order valence-corrected chi connectivity index (χ3v) is 7.47. The predicted octanol–water partition coefficient (Wildman–Crippen LogP) is 1.86. The van der Waals surface area contributed by atoms with E-state index in [1.165, 1.54) is 16.9 Å². The largest absolute Gasteiger partial charge is 0.465 e. The number of hydrogen-bond acceptors (Lipinski definition) is 6. The fraction of sp³-hybridized carbons (Fsp3) is 0.650. The predicted molar refractivity (Wildman–Crippen MR) is 121 cm³/mol. The van der Waals surface area contributed by atoms with Crippen molar-refractivity contribution in [2.75, 3.05) is 46.4 Å². The van der Waals surface area contributed by atoms with Gasteiger partial charge in [-0.3, -0.25) is 14.3 Å². The minimum Gasteiger partial charge on any atom is -0.465 e.